The Balaban J connectivity index is -0.0000000809. The first kappa shape index (κ1) is 138. The van der Waals surface area contributed by atoms with Crippen LogP contribution in [-0.2, 0) is 14.1 Å². The van der Waals surface area contributed by atoms with E-state index >= 15 is 0 Å². The molecule has 10 heteroatoms. The normalized spacial score (nSPS) is 8.03. The quantitative estimate of drug-likeness (QED) is 0.148. The van der Waals surface area contributed by atoms with Crippen molar-refractivity contribution >= 4 is 43.6 Å². The molecule has 0 saturated carbocycles. The van der Waals surface area contributed by atoms with Gasteiger partial charge in [-0.25, -0.2) is 9.97 Å². The predicted molar refractivity (Wildman–Crippen MR) is 536 cm³/mol. The molecule has 9 aromatic heterocycles. The number of aryl methyl sites for hydroxylation is 18. The van der Waals surface area contributed by atoms with Gasteiger partial charge < -0.3 is 9.13 Å². The minimum Gasteiger partial charge on any atom is -0.344 e. The van der Waals surface area contributed by atoms with Crippen molar-refractivity contribution in [3.8, 4) is 0 Å². The second-order valence-electron chi connectivity index (χ2n) is 21.9. The maximum absolute atomic E-state index is 4.17. The van der Waals surface area contributed by atoms with Gasteiger partial charge in [0.05, 0.1) is 0 Å². The molecule has 0 radical (unpaired) electrons. The summed E-state index contributed by atoms with van der Waals surface area (Å²) in [6.45, 7) is 76.3. The lowest BCUT2D eigenvalue weighted by molar-refractivity contribution is 1.01. The Hall–Kier alpha value is -9.54. The average molecular weight is 1580 g/mol. The van der Waals surface area contributed by atoms with E-state index in [1.807, 2.05) is 327 Å². The second kappa shape index (κ2) is 91.6. The molecule has 0 unspecified atom stereocenters. The van der Waals surface area contributed by atoms with Crippen LogP contribution in [0.3, 0.4) is 0 Å². The Morgan fingerprint density at radius 1 is 0.200 bits per heavy atom. The summed E-state index contributed by atoms with van der Waals surface area (Å²) in [5, 5.41) is 5.39. The summed E-state index contributed by atoms with van der Waals surface area (Å²) in [5.41, 5.74) is 22.9. The van der Waals surface area contributed by atoms with Crippen LogP contribution in [0.4, 0.5) is 0 Å². The molecule has 0 spiro atoms. The van der Waals surface area contributed by atoms with E-state index in [4.69, 9.17) is 0 Å². The predicted octanol–water partition coefficient (Wildman–Crippen LogP) is 34.3. The standard InChI is InChI=1S/2C14H13N.6C7H9N.C6H8N2.11C2H6.7CH4/c1-10-7-8-14-12(9-10)11-5-3-4-6-13(11)15(14)2;1-10-7-8-12-11-5-3-4-6-13(11)15(2)14(12)9-10;1-6-3-7(2)5-8-4-6;2*1-6-3-4-8-7(2)5-6;2*1-6-3-4-7(2)8-5-6;1-6-4-3-5-7(2)8-6;1-5-3-7-6(2)8-4-5;11*1-2;;;;;;;/h2*3-9H,1-2H3;6*3-5H,1-2H3;3-4H,1-2H3;11*1-2H3;7*1H4. The van der Waals surface area contributed by atoms with E-state index in [0.717, 1.165) is 45.6 Å². The summed E-state index contributed by atoms with van der Waals surface area (Å²) in [6, 6.07) is 54.7. The average Bonchev–Trinajstić information content (AvgIpc) is 1.63. The van der Waals surface area contributed by atoms with Gasteiger partial charge in [-0.15, -0.1) is 0 Å². The lowest BCUT2D eigenvalue weighted by Gasteiger charge is -1.97. The van der Waals surface area contributed by atoms with Crippen molar-refractivity contribution in [2.24, 2.45) is 14.1 Å². The summed E-state index contributed by atoms with van der Waals surface area (Å²) >= 11 is 0. The van der Waals surface area contributed by atoms with E-state index in [-0.39, 0.29) is 52.0 Å². The number of rotatable bonds is 0. The number of aromatic nitrogens is 10. The van der Waals surface area contributed by atoms with Crippen LogP contribution in [0, 0.1) is 111 Å². The van der Waals surface area contributed by atoms with Crippen molar-refractivity contribution < 1.29 is 0 Å². The molecule has 0 aliphatic carbocycles. The van der Waals surface area contributed by atoms with Crippen LogP contribution in [0.1, 0.15) is 294 Å². The first-order valence-corrected chi connectivity index (χ1v) is 40.0. The third kappa shape index (κ3) is 62.5. The van der Waals surface area contributed by atoms with E-state index in [9.17, 15) is 0 Å². The highest BCUT2D eigenvalue weighted by Crippen LogP contribution is 2.29. The van der Waals surface area contributed by atoms with Gasteiger partial charge in [0.2, 0.25) is 0 Å². The fourth-order valence-electron chi connectivity index (χ4n) is 8.85. The highest BCUT2D eigenvalue weighted by atomic mass is 14.9. The molecule has 0 aliphatic rings. The number of pyridine rings is 6. The molecule has 652 valence electrons. The van der Waals surface area contributed by atoms with Gasteiger partial charge in [0.1, 0.15) is 5.82 Å². The van der Waals surface area contributed by atoms with E-state index < -0.39 is 0 Å². The number of hydrogen-bond donors (Lipinski definition) is 0. The van der Waals surface area contributed by atoms with Crippen molar-refractivity contribution in [1.29, 1.82) is 0 Å². The molecule has 0 amide bonds. The van der Waals surface area contributed by atoms with Gasteiger partial charge in [0.25, 0.3) is 0 Å². The monoisotopic (exact) mass is 1580 g/mol. The summed E-state index contributed by atoms with van der Waals surface area (Å²) in [7, 11) is 4.25. The van der Waals surface area contributed by atoms with E-state index in [2.05, 4.69) is 206 Å². The molecule has 13 rings (SSSR count). The van der Waals surface area contributed by atoms with Crippen LogP contribution in [0.5, 0.6) is 0 Å². The maximum atomic E-state index is 4.17. The Morgan fingerprint density at radius 2 is 0.504 bits per heavy atom. The molecule has 0 N–H and O–H groups in total. The summed E-state index contributed by atoms with van der Waals surface area (Å²) < 4.78 is 4.52. The van der Waals surface area contributed by atoms with Crippen molar-refractivity contribution in [1.82, 2.24) is 49.0 Å². The molecule has 10 nitrogen and oxygen atoms in total. The molecule has 0 bridgehead atoms. The molecule has 0 fully saturated rings. The van der Waals surface area contributed by atoms with Gasteiger partial charge in [-0.1, -0.05) is 289 Å². The number of benzene rings is 4. The molecular formula is C105H182N10. The minimum absolute atomic E-state index is 0. The Bertz CT molecular complexity index is 3730. The van der Waals surface area contributed by atoms with Gasteiger partial charge in [0.15, 0.2) is 0 Å². The zero-order chi connectivity index (χ0) is 84.7. The number of nitrogens with zero attached hydrogens (tertiary/aromatic N) is 10. The van der Waals surface area contributed by atoms with Crippen LogP contribution < -0.4 is 0 Å². The summed E-state index contributed by atoms with van der Waals surface area (Å²) in [5.74, 6) is 0.829. The van der Waals surface area contributed by atoms with E-state index in [1.54, 1.807) is 0 Å². The third-order valence-corrected chi connectivity index (χ3v) is 13.3. The molecule has 0 aliphatic heterocycles. The lowest BCUT2D eigenvalue weighted by Crippen LogP contribution is -1.86. The van der Waals surface area contributed by atoms with Gasteiger partial charge >= 0.3 is 0 Å². The van der Waals surface area contributed by atoms with Crippen LogP contribution in [0.15, 0.2) is 207 Å². The molecule has 0 saturated heterocycles. The molecule has 0 atom stereocenters. The van der Waals surface area contributed by atoms with E-state index in [1.165, 1.54) is 88.1 Å². The van der Waals surface area contributed by atoms with Gasteiger partial charge in [0, 0.05) is 141 Å². The topological polar surface area (TPSA) is 113 Å². The van der Waals surface area contributed by atoms with E-state index in [0.29, 0.717) is 0 Å². The number of hydrogen-bond acceptors (Lipinski definition) is 8. The highest BCUT2D eigenvalue weighted by Gasteiger charge is 2.08. The Labute approximate surface area is 715 Å². The fourth-order valence-corrected chi connectivity index (χ4v) is 8.85. The van der Waals surface area contributed by atoms with Crippen LogP contribution >= 0.6 is 0 Å². The van der Waals surface area contributed by atoms with Crippen LogP contribution in [0.2, 0.25) is 0 Å². The highest BCUT2D eigenvalue weighted by molar-refractivity contribution is 6.09. The van der Waals surface area contributed by atoms with Crippen molar-refractivity contribution in [2.75, 3.05) is 0 Å². The summed E-state index contributed by atoms with van der Waals surface area (Å²) in [4.78, 5) is 32.3. The van der Waals surface area contributed by atoms with Crippen molar-refractivity contribution in [3.05, 3.63) is 297 Å². The zero-order valence-electron chi connectivity index (χ0n) is 76.1. The largest absolute Gasteiger partial charge is 0.344 e. The number of fused-ring (bicyclic) bond motifs is 6. The van der Waals surface area contributed by atoms with Crippen LogP contribution in [-0.4, -0.2) is 49.0 Å². The molecular weight excluding hydrogens is 1400 g/mol. The maximum Gasteiger partial charge on any atom is 0.125 e. The first-order chi connectivity index (χ1) is 52.1. The molecule has 9 heterocycles. The SMILES string of the molecule is C.C.C.C.C.C.C.CC.CC.CC.CC.CC.CC.CC.CC.CC.CC.CC.Cc1ccc(C)nc1.Cc1ccc(C)nc1.Cc1ccc2c(c1)c1ccccc1n2C.Cc1ccc2c3ccccc3n(C)c2c1.Cc1cccc(C)n1.Cc1ccnc(C)c1.Cc1ccnc(C)c1.Cc1cnc(C)nc1.Cc1cncc(C)c1. The first-order valence-electron chi connectivity index (χ1n) is 40.0. The fraction of sp³-hybridized carbons (Fsp3) is 0.448. The zero-order valence-corrected chi connectivity index (χ0v) is 76.1. The molecule has 4 aromatic carbocycles. The molecule has 115 heavy (non-hydrogen) atoms. The Kier molecular flexibility index (Phi) is 110. The lowest BCUT2D eigenvalue weighted by atomic mass is 10.1. The molecule has 13 aromatic rings. The second-order valence-corrected chi connectivity index (χ2v) is 21.9. The summed E-state index contributed by atoms with van der Waals surface area (Å²) in [6.07, 6.45) is 14.7. The van der Waals surface area contributed by atoms with Gasteiger partial charge in [-0.2, -0.15) is 0 Å². The van der Waals surface area contributed by atoms with Crippen molar-refractivity contribution in [3.63, 3.8) is 0 Å². The third-order valence-electron chi connectivity index (χ3n) is 13.3. The van der Waals surface area contributed by atoms with Crippen molar-refractivity contribution in [2.45, 2.75) is 315 Å². The van der Waals surface area contributed by atoms with Crippen LogP contribution in [0.25, 0.3) is 43.6 Å². The van der Waals surface area contributed by atoms with Gasteiger partial charge in [-0.05, 0) is 234 Å². The number of para-hydroxylation sites is 2. The Morgan fingerprint density at radius 3 is 0.800 bits per heavy atom. The smallest absolute Gasteiger partial charge is 0.125 e. The minimum atomic E-state index is 0. The van der Waals surface area contributed by atoms with Gasteiger partial charge in [-0.3, -0.25) is 29.9 Å².